The fourth-order valence-corrected chi connectivity index (χ4v) is 5.25. The molecule has 1 unspecified atom stereocenters. The molecule has 8 heteroatoms. The smallest absolute Gasteiger partial charge is 0.252 e. The molecule has 3 heterocycles. The molecule has 8 nitrogen and oxygen atoms in total. The molecular formula is C26H32N6O2. The quantitative estimate of drug-likeness (QED) is 0.401. The molecule has 1 aliphatic rings. The molecule has 1 N–H and O–H groups in total. The normalized spacial score (nSPS) is 15.7. The Morgan fingerprint density at radius 3 is 2.74 bits per heavy atom. The van der Waals surface area contributed by atoms with E-state index in [2.05, 4.69) is 52.2 Å². The molecule has 0 aliphatic heterocycles. The van der Waals surface area contributed by atoms with Crippen LogP contribution in [-0.4, -0.2) is 30.1 Å². The summed E-state index contributed by atoms with van der Waals surface area (Å²) in [6, 6.07) is 12.2. The van der Waals surface area contributed by atoms with Crippen molar-refractivity contribution in [1.82, 2.24) is 30.1 Å². The van der Waals surface area contributed by atoms with Crippen molar-refractivity contribution in [3.63, 3.8) is 0 Å². The molecule has 0 spiro atoms. The Kier molecular flexibility index (Phi) is 6.32. The van der Waals surface area contributed by atoms with Gasteiger partial charge in [-0.25, -0.2) is 4.68 Å². The molecule has 5 rings (SSSR count). The Labute approximate surface area is 199 Å². The maximum Gasteiger partial charge on any atom is 0.252 e. The van der Waals surface area contributed by atoms with Crippen LogP contribution in [0.25, 0.3) is 10.9 Å². The number of hydrogen-bond acceptors (Lipinski definition) is 6. The Morgan fingerprint density at radius 1 is 1.18 bits per heavy atom. The zero-order valence-electron chi connectivity index (χ0n) is 20.1. The summed E-state index contributed by atoms with van der Waals surface area (Å²) in [6.07, 6.45) is 6.30. The molecule has 0 saturated heterocycles. The van der Waals surface area contributed by atoms with Crippen LogP contribution in [0.2, 0.25) is 0 Å². The van der Waals surface area contributed by atoms with Crippen molar-refractivity contribution < 1.29 is 4.42 Å². The van der Waals surface area contributed by atoms with Gasteiger partial charge in [-0.05, 0) is 71.8 Å². The Hall–Kier alpha value is -3.26. The lowest BCUT2D eigenvalue weighted by molar-refractivity contribution is 0.114. The van der Waals surface area contributed by atoms with Crippen molar-refractivity contribution >= 4 is 10.9 Å². The number of hydrogen-bond donors (Lipinski definition) is 1. The van der Waals surface area contributed by atoms with E-state index < -0.39 is 0 Å². The monoisotopic (exact) mass is 460 g/mol. The van der Waals surface area contributed by atoms with Crippen LogP contribution in [0.1, 0.15) is 74.3 Å². The number of nitrogens with one attached hydrogen (secondary N) is 1. The van der Waals surface area contributed by atoms with E-state index in [0.717, 1.165) is 46.5 Å². The third-order valence-corrected chi connectivity index (χ3v) is 6.87. The second-order valence-electron chi connectivity index (χ2n) is 9.81. The maximum absolute atomic E-state index is 13.1. The maximum atomic E-state index is 13.1. The van der Waals surface area contributed by atoms with Crippen molar-refractivity contribution in [2.75, 3.05) is 0 Å². The van der Waals surface area contributed by atoms with Crippen molar-refractivity contribution in [1.29, 1.82) is 0 Å². The molecule has 1 aliphatic carbocycles. The van der Waals surface area contributed by atoms with Crippen LogP contribution in [0.3, 0.4) is 0 Å². The minimum atomic E-state index is -0.0756. The van der Waals surface area contributed by atoms with Gasteiger partial charge >= 0.3 is 0 Å². The highest BCUT2D eigenvalue weighted by molar-refractivity contribution is 5.79. The number of fused-ring (bicyclic) bond motifs is 1. The van der Waals surface area contributed by atoms with Crippen LogP contribution in [0.4, 0.5) is 0 Å². The highest BCUT2D eigenvalue weighted by Crippen LogP contribution is 2.35. The topological polar surface area (TPSA) is 92.8 Å². The third kappa shape index (κ3) is 4.55. The first-order valence-electron chi connectivity index (χ1n) is 12.2. The van der Waals surface area contributed by atoms with Crippen LogP contribution >= 0.6 is 0 Å². The number of tetrazole rings is 1. The lowest BCUT2D eigenvalue weighted by atomic mass is 9.99. The van der Waals surface area contributed by atoms with Crippen LogP contribution in [-0.2, 0) is 13.1 Å². The van der Waals surface area contributed by atoms with E-state index in [1.807, 2.05) is 35.0 Å². The van der Waals surface area contributed by atoms with Crippen LogP contribution in [0.5, 0.6) is 0 Å². The van der Waals surface area contributed by atoms with E-state index in [4.69, 9.17) is 4.42 Å². The van der Waals surface area contributed by atoms with Gasteiger partial charge in [0.2, 0.25) is 0 Å². The van der Waals surface area contributed by atoms with Gasteiger partial charge < -0.3 is 9.40 Å². The standard InChI is InChI=1S/C26H32N6O2/c1-17(2)24(25-28-29-30-32(25)21-7-4-5-8-21)31(16-22-9-6-12-34-22)15-20-14-19-13-18(3)10-11-23(19)27-26(20)33/h6,9-14,17,21,24H,4-5,7-8,15-16H2,1-3H3,(H,27,33). The first kappa shape index (κ1) is 22.5. The largest absolute Gasteiger partial charge is 0.468 e. The van der Waals surface area contributed by atoms with Gasteiger partial charge in [-0.3, -0.25) is 9.69 Å². The summed E-state index contributed by atoms with van der Waals surface area (Å²) in [7, 11) is 0. The molecule has 0 bridgehead atoms. The SMILES string of the molecule is Cc1ccc2[nH]c(=O)c(CN(Cc3ccco3)C(c3nnnn3C3CCCC3)C(C)C)cc2c1. The number of benzene rings is 1. The van der Waals surface area contributed by atoms with Gasteiger partial charge in [-0.2, -0.15) is 0 Å². The van der Waals surface area contributed by atoms with Crippen molar-refractivity contribution in [2.24, 2.45) is 5.92 Å². The van der Waals surface area contributed by atoms with Gasteiger partial charge in [0.25, 0.3) is 5.56 Å². The summed E-state index contributed by atoms with van der Waals surface area (Å²) in [5.74, 6) is 1.93. The Balaban J connectivity index is 1.55. The molecule has 178 valence electrons. The highest BCUT2D eigenvalue weighted by atomic mass is 16.3. The van der Waals surface area contributed by atoms with Crippen LogP contribution in [0, 0.1) is 12.8 Å². The van der Waals surface area contributed by atoms with Gasteiger partial charge in [-0.15, -0.1) is 5.10 Å². The fourth-order valence-electron chi connectivity index (χ4n) is 5.25. The Morgan fingerprint density at radius 2 is 2.00 bits per heavy atom. The van der Waals surface area contributed by atoms with Gasteiger partial charge in [-0.1, -0.05) is 38.3 Å². The first-order valence-corrected chi connectivity index (χ1v) is 12.2. The van der Waals surface area contributed by atoms with E-state index >= 15 is 0 Å². The average Bonchev–Trinajstić information content (AvgIpc) is 3.57. The van der Waals surface area contributed by atoms with Gasteiger partial charge in [0.1, 0.15) is 5.76 Å². The number of rotatable bonds is 8. The van der Waals surface area contributed by atoms with Crippen molar-refractivity contribution in [3.8, 4) is 0 Å². The summed E-state index contributed by atoms with van der Waals surface area (Å²) in [5, 5.41) is 14.0. The summed E-state index contributed by atoms with van der Waals surface area (Å²) < 4.78 is 7.74. The molecule has 1 saturated carbocycles. The minimum absolute atomic E-state index is 0.0707. The lowest BCUT2D eigenvalue weighted by Gasteiger charge is -2.33. The summed E-state index contributed by atoms with van der Waals surface area (Å²) in [6.45, 7) is 7.44. The summed E-state index contributed by atoms with van der Waals surface area (Å²) in [4.78, 5) is 18.4. The van der Waals surface area contributed by atoms with Gasteiger partial charge in [0.05, 0.1) is 24.9 Å². The fraction of sp³-hybridized carbons (Fsp3) is 0.462. The van der Waals surface area contributed by atoms with Gasteiger partial charge in [0.15, 0.2) is 5.82 Å². The van der Waals surface area contributed by atoms with Crippen LogP contribution in [0.15, 0.2) is 51.9 Å². The minimum Gasteiger partial charge on any atom is -0.468 e. The number of aryl methyl sites for hydroxylation is 1. The van der Waals surface area contributed by atoms with Crippen molar-refractivity contribution in [3.05, 3.63) is 75.7 Å². The first-order chi connectivity index (χ1) is 16.5. The second-order valence-corrected chi connectivity index (χ2v) is 9.81. The molecule has 0 radical (unpaired) electrons. The number of aromatic nitrogens is 5. The molecule has 34 heavy (non-hydrogen) atoms. The second kappa shape index (κ2) is 9.54. The highest BCUT2D eigenvalue weighted by Gasteiger charge is 2.33. The van der Waals surface area contributed by atoms with E-state index in [1.54, 1.807) is 6.26 Å². The van der Waals surface area contributed by atoms with Crippen LogP contribution < -0.4 is 5.56 Å². The predicted octanol–water partition coefficient (Wildman–Crippen LogP) is 4.93. The molecule has 4 aromatic rings. The Bertz CT molecular complexity index is 1300. The van der Waals surface area contributed by atoms with E-state index in [1.165, 1.54) is 12.8 Å². The summed E-state index contributed by atoms with van der Waals surface area (Å²) >= 11 is 0. The van der Waals surface area contributed by atoms with E-state index in [-0.39, 0.29) is 17.5 Å². The predicted molar refractivity (Wildman–Crippen MR) is 130 cm³/mol. The molecule has 3 aromatic heterocycles. The molecule has 1 atom stereocenters. The van der Waals surface area contributed by atoms with Crippen molar-refractivity contribution in [2.45, 2.75) is 71.6 Å². The summed E-state index contributed by atoms with van der Waals surface area (Å²) in [5.41, 5.74) is 2.66. The molecule has 1 aromatic carbocycles. The zero-order chi connectivity index (χ0) is 23.7. The number of H-pyrrole nitrogens is 1. The number of nitrogens with zero attached hydrogens (tertiary/aromatic N) is 5. The lowest BCUT2D eigenvalue weighted by Crippen LogP contribution is -2.35. The molecule has 1 fully saturated rings. The number of aromatic amines is 1. The third-order valence-electron chi connectivity index (χ3n) is 6.87. The zero-order valence-corrected chi connectivity index (χ0v) is 20.1. The average molecular weight is 461 g/mol. The number of pyridine rings is 1. The molecular weight excluding hydrogens is 428 g/mol. The molecule has 0 amide bonds. The van der Waals surface area contributed by atoms with E-state index in [9.17, 15) is 4.79 Å². The van der Waals surface area contributed by atoms with E-state index in [0.29, 0.717) is 19.1 Å². The number of furan rings is 1. The van der Waals surface area contributed by atoms with Gasteiger partial charge in [0, 0.05) is 17.6 Å².